The highest BCUT2D eigenvalue weighted by molar-refractivity contribution is 6.05. The minimum absolute atomic E-state index is 0.0717. The van der Waals surface area contributed by atoms with Crippen LogP contribution in [-0.4, -0.2) is 88.6 Å². The Hall–Kier alpha value is -3.08. The lowest BCUT2D eigenvalue weighted by Gasteiger charge is -2.69. The molecule has 242 valence electrons. The molecule has 8 aliphatic rings. The summed E-state index contributed by atoms with van der Waals surface area (Å²) in [6.45, 7) is 5.30. The van der Waals surface area contributed by atoms with Gasteiger partial charge in [0.2, 0.25) is 17.7 Å². The molecule has 11 heteroatoms. The number of benzene rings is 1. The fourth-order valence-corrected chi connectivity index (χ4v) is 10.0. The van der Waals surface area contributed by atoms with E-state index in [1.54, 1.807) is 18.2 Å². The zero-order valence-corrected chi connectivity index (χ0v) is 25.9. The number of nitrogens with one attached hydrogen (secondary N) is 1. The van der Waals surface area contributed by atoms with Crippen molar-refractivity contribution in [2.75, 3.05) is 26.2 Å². The molecule has 7 fully saturated rings. The second-order valence-electron chi connectivity index (χ2n) is 15.4. The third-order valence-corrected chi connectivity index (χ3v) is 12.1. The van der Waals surface area contributed by atoms with Crippen LogP contribution < -0.4 is 10.1 Å². The molecule has 9 rings (SSSR count). The number of hydrogen-bond donors (Lipinski definition) is 1. The standard InChI is InChI=1S/C34H42F2N4O5/c1-32-17-33(18-32,19-32)31(44)38-11-8-20(9-12-38)22-14-39(15-22)28-26(3-2-10-34(28,35)36)45-23-4-5-24-21(13-23)16-40(30(24)43)25-6-7-27(41)37-29(25)42/h4-5,13,20,22,25-26,28H,2-3,6-12,14-19H2,1H3,(H,37,41,42)/t25?,26-,28+,32?,33?/m0/s1. The van der Waals surface area contributed by atoms with Crippen LogP contribution in [0.15, 0.2) is 18.2 Å². The Labute approximate surface area is 262 Å². The maximum absolute atomic E-state index is 15.5. The van der Waals surface area contributed by atoms with Gasteiger partial charge in [-0.3, -0.25) is 29.4 Å². The van der Waals surface area contributed by atoms with Crippen LogP contribution in [0.1, 0.15) is 87.1 Å². The summed E-state index contributed by atoms with van der Waals surface area (Å²) in [7, 11) is 0. The van der Waals surface area contributed by atoms with Crippen molar-refractivity contribution < 1.29 is 32.7 Å². The molecular weight excluding hydrogens is 582 g/mol. The monoisotopic (exact) mass is 624 g/mol. The van der Waals surface area contributed by atoms with Crippen molar-refractivity contribution in [3.63, 3.8) is 0 Å². The first-order valence-electron chi connectivity index (χ1n) is 16.8. The molecule has 0 spiro atoms. The van der Waals surface area contributed by atoms with E-state index in [4.69, 9.17) is 4.74 Å². The van der Waals surface area contributed by atoms with Gasteiger partial charge in [0.15, 0.2) is 0 Å². The van der Waals surface area contributed by atoms with Crippen LogP contribution in [0.4, 0.5) is 8.78 Å². The first-order valence-corrected chi connectivity index (χ1v) is 16.8. The first kappa shape index (κ1) is 29.3. The fraction of sp³-hybridized carbons (Fsp3) is 0.706. The zero-order chi connectivity index (χ0) is 31.3. The van der Waals surface area contributed by atoms with E-state index in [1.807, 2.05) is 4.90 Å². The van der Waals surface area contributed by atoms with Gasteiger partial charge in [0, 0.05) is 51.1 Å². The molecule has 9 nitrogen and oxygen atoms in total. The minimum atomic E-state index is -2.86. The van der Waals surface area contributed by atoms with Gasteiger partial charge in [-0.05, 0) is 92.4 Å². The number of carbonyl (C=O) groups is 4. The molecule has 45 heavy (non-hydrogen) atoms. The number of rotatable bonds is 6. The van der Waals surface area contributed by atoms with Gasteiger partial charge in [-0.2, -0.15) is 0 Å². The van der Waals surface area contributed by atoms with E-state index in [1.165, 1.54) is 4.90 Å². The van der Waals surface area contributed by atoms with Gasteiger partial charge < -0.3 is 14.5 Å². The van der Waals surface area contributed by atoms with Crippen molar-refractivity contribution in [1.29, 1.82) is 0 Å². The number of amides is 4. The first-order chi connectivity index (χ1) is 21.4. The van der Waals surface area contributed by atoms with Crippen molar-refractivity contribution in [3.8, 4) is 5.75 Å². The van der Waals surface area contributed by atoms with E-state index in [0.29, 0.717) is 66.0 Å². The molecule has 4 amide bonds. The second-order valence-corrected chi connectivity index (χ2v) is 15.4. The van der Waals surface area contributed by atoms with Crippen LogP contribution in [0.3, 0.4) is 0 Å². The fourth-order valence-electron chi connectivity index (χ4n) is 10.0. The highest BCUT2D eigenvalue weighted by atomic mass is 19.3. The molecule has 0 radical (unpaired) electrons. The smallest absolute Gasteiger partial charge is 0.266 e. The van der Waals surface area contributed by atoms with E-state index < -0.39 is 30.0 Å². The normalized spacial score (nSPS) is 36.5. The van der Waals surface area contributed by atoms with Gasteiger partial charge in [0.1, 0.15) is 23.9 Å². The van der Waals surface area contributed by atoms with Gasteiger partial charge in [-0.15, -0.1) is 0 Å². The van der Waals surface area contributed by atoms with Gasteiger partial charge in [-0.1, -0.05) is 6.92 Å². The number of fused-ring (bicyclic) bond motifs is 1. The van der Waals surface area contributed by atoms with Crippen LogP contribution in [0.5, 0.6) is 5.75 Å². The summed E-state index contributed by atoms with van der Waals surface area (Å²) in [5, 5.41) is 2.31. The molecule has 2 bridgehead atoms. The Morgan fingerprint density at radius 3 is 2.42 bits per heavy atom. The minimum Gasteiger partial charge on any atom is -0.489 e. The number of piperidine rings is 2. The Morgan fingerprint density at radius 2 is 1.73 bits per heavy atom. The molecule has 3 saturated heterocycles. The molecule has 4 saturated carbocycles. The Bertz CT molecular complexity index is 1430. The summed E-state index contributed by atoms with van der Waals surface area (Å²) < 4.78 is 37.3. The van der Waals surface area contributed by atoms with Crippen molar-refractivity contribution in [1.82, 2.24) is 20.0 Å². The molecule has 4 aliphatic carbocycles. The number of nitrogens with zero attached hydrogens (tertiary/aromatic N) is 3. The number of carbonyl (C=O) groups excluding carboxylic acids is 4. The molecule has 1 aromatic carbocycles. The van der Waals surface area contributed by atoms with Crippen LogP contribution in [0.2, 0.25) is 0 Å². The summed E-state index contributed by atoms with van der Waals surface area (Å²) in [5.74, 6) is -2.33. The lowest BCUT2D eigenvalue weighted by Crippen LogP contribution is -2.68. The number of imide groups is 1. The Balaban J connectivity index is 0.887. The second kappa shape index (κ2) is 10.2. The molecule has 3 atom stereocenters. The molecule has 1 N–H and O–H groups in total. The van der Waals surface area contributed by atoms with Crippen molar-refractivity contribution in [3.05, 3.63) is 29.3 Å². The molecule has 4 heterocycles. The van der Waals surface area contributed by atoms with Crippen molar-refractivity contribution in [2.45, 2.75) is 102 Å². The lowest BCUT2D eigenvalue weighted by atomic mass is 9.35. The molecule has 1 aromatic rings. The van der Waals surface area contributed by atoms with E-state index in [2.05, 4.69) is 17.1 Å². The summed E-state index contributed by atoms with van der Waals surface area (Å²) in [4.78, 5) is 55.6. The summed E-state index contributed by atoms with van der Waals surface area (Å²) in [6.07, 6.45) is 5.56. The van der Waals surface area contributed by atoms with Crippen LogP contribution in [-0.2, 0) is 20.9 Å². The predicted octanol–water partition coefficient (Wildman–Crippen LogP) is 3.74. The molecule has 4 aliphatic heterocycles. The number of alkyl halides is 2. The lowest BCUT2D eigenvalue weighted by molar-refractivity contribution is -0.211. The number of hydrogen-bond acceptors (Lipinski definition) is 6. The average molecular weight is 625 g/mol. The molecule has 1 unspecified atom stereocenters. The van der Waals surface area contributed by atoms with Gasteiger partial charge in [0.05, 0.1) is 5.41 Å². The number of ether oxygens (including phenoxy) is 1. The van der Waals surface area contributed by atoms with Crippen LogP contribution in [0, 0.1) is 22.7 Å². The highest BCUT2D eigenvalue weighted by Crippen LogP contribution is 2.73. The van der Waals surface area contributed by atoms with E-state index in [9.17, 15) is 19.2 Å². The van der Waals surface area contributed by atoms with Crippen LogP contribution >= 0.6 is 0 Å². The van der Waals surface area contributed by atoms with Crippen molar-refractivity contribution >= 4 is 23.6 Å². The zero-order valence-electron chi connectivity index (χ0n) is 25.9. The predicted molar refractivity (Wildman–Crippen MR) is 158 cm³/mol. The third-order valence-electron chi connectivity index (χ3n) is 12.1. The van der Waals surface area contributed by atoms with E-state index in [0.717, 1.165) is 45.2 Å². The van der Waals surface area contributed by atoms with Gasteiger partial charge in [-0.25, -0.2) is 8.78 Å². The number of likely N-dealkylation sites (tertiary alicyclic amines) is 2. The van der Waals surface area contributed by atoms with E-state index >= 15 is 8.78 Å². The largest absolute Gasteiger partial charge is 0.489 e. The topological polar surface area (TPSA) is 99.3 Å². The Morgan fingerprint density at radius 1 is 1.00 bits per heavy atom. The summed E-state index contributed by atoms with van der Waals surface area (Å²) in [6, 6.07) is 3.33. The Kier molecular flexibility index (Phi) is 6.65. The highest BCUT2D eigenvalue weighted by Gasteiger charge is 2.69. The molecule has 0 aromatic heterocycles. The molecular formula is C34H42F2N4O5. The van der Waals surface area contributed by atoms with Gasteiger partial charge in [0.25, 0.3) is 11.8 Å². The van der Waals surface area contributed by atoms with Crippen LogP contribution in [0.25, 0.3) is 0 Å². The maximum atomic E-state index is 15.5. The van der Waals surface area contributed by atoms with E-state index in [-0.39, 0.29) is 43.0 Å². The maximum Gasteiger partial charge on any atom is 0.266 e. The summed E-state index contributed by atoms with van der Waals surface area (Å²) >= 11 is 0. The number of halogens is 2. The quantitative estimate of drug-likeness (QED) is 0.485. The average Bonchev–Trinajstić information content (AvgIpc) is 3.26. The van der Waals surface area contributed by atoms with Gasteiger partial charge >= 0.3 is 0 Å². The van der Waals surface area contributed by atoms with Crippen molar-refractivity contribution in [2.24, 2.45) is 22.7 Å². The SMILES string of the molecule is CC12CC(C(=O)N3CCC(C4CN([C@@H]5[C@@H](Oc6ccc7c(c6)CN(C6CCC(=O)NC6=O)C7=O)CCCC5(F)F)C4)CC3)(C1)C2. The summed E-state index contributed by atoms with van der Waals surface area (Å²) in [5.41, 5.74) is 1.50. The third kappa shape index (κ3) is 4.78.